The summed E-state index contributed by atoms with van der Waals surface area (Å²) in [6, 6.07) is 0. The standard InChI is InChI=1S/C7H16NO/c1-7(9)5-4-6-8(2)3/h7,9H,1,4-6H2,2-3H3. The van der Waals surface area contributed by atoms with Gasteiger partial charge >= 0.3 is 0 Å². The van der Waals surface area contributed by atoms with Crippen molar-refractivity contribution in [2.75, 3.05) is 20.6 Å². The predicted molar refractivity (Wildman–Crippen MR) is 39.2 cm³/mol. The second kappa shape index (κ2) is 4.77. The van der Waals surface area contributed by atoms with Crippen LogP contribution in [-0.2, 0) is 0 Å². The summed E-state index contributed by atoms with van der Waals surface area (Å²) >= 11 is 0. The molecule has 0 amide bonds. The van der Waals surface area contributed by atoms with Crippen LogP contribution in [0.25, 0.3) is 0 Å². The molecule has 9 heavy (non-hydrogen) atoms. The summed E-state index contributed by atoms with van der Waals surface area (Å²) in [5.41, 5.74) is 0. The molecule has 0 spiro atoms. The molecule has 0 aromatic rings. The van der Waals surface area contributed by atoms with Gasteiger partial charge in [0, 0.05) is 0 Å². The fourth-order valence-electron chi connectivity index (χ4n) is 0.643. The Morgan fingerprint density at radius 3 is 2.44 bits per heavy atom. The van der Waals surface area contributed by atoms with Gasteiger partial charge in [-0.1, -0.05) is 0 Å². The second-order valence-corrected chi connectivity index (χ2v) is 2.60. The molecule has 2 heteroatoms. The maximum atomic E-state index is 8.74. The Balaban J connectivity index is 2.91. The summed E-state index contributed by atoms with van der Waals surface area (Å²) in [5.74, 6) is 0. The molecule has 0 aliphatic rings. The molecular weight excluding hydrogens is 114 g/mol. The topological polar surface area (TPSA) is 23.5 Å². The van der Waals surface area contributed by atoms with Crippen LogP contribution >= 0.6 is 0 Å². The van der Waals surface area contributed by atoms with Gasteiger partial charge in [0.2, 0.25) is 0 Å². The lowest BCUT2D eigenvalue weighted by molar-refractivity contribution is 0.201. The van der Waals surface area contributed by atoms with Crippen LogP contribution in [0.5, 0.6) is 0 Å². The van der Waals surface area contributed by atoms with Gasteiger partial charge < -0.3 is 10.0 Å². The van der Waals surface area contributed by atoms with Gasteiger partial charge in [-0.25, -0.2) is 0 Å². The molecule has 2 nitrogen and oxygen atoms in total. The van der Waals surface area contributed by atoms with E-state index in [-0.39, 0.29) is 6.10 Å². The summed E-state index contributed by atoms with van der Waals surface area (Å²) in [6.45, 7) is 4.51. The van der Waals surface area contributed by atoms with Gasteiger partial charge in [0.15, 0.2) is 0 Å². The molecular formula is C7H16NO. The zero-order valence-electron chi connectivity index (χ0n) is 6.30. The van der Waals surface area contributed by atoms with Crippen molar-refractivity contribution in [1.82, 2.24) is 4.90 Å². The quantitative estimate of drug-likeness (QED) is 0.600. The molecule has 0 aromatic heterocycles. The van der Waals surface area contributed by atoms with Gasteiger partial charge in [0.25, 0.3) is 0 Å². The molecule has 0 bridgehead atoms. The van der Waals surface area contributed by atoms with Crippen molar-refractivity contribution in [2.24, 2.45) is 0 Å². The van der Waals surface area contributed by atoms with Crippen molar-refractivity contribution >= 4 is 0 Å². The van der Waals surface area contributed by atoms with E-state index in [0.717, 1.165) is 19.4 Å². The smallest absolute Gasteiger partial charge is 0.0541 e. The first-order valence-corrected chi connectivity index (χ1v) is 3.29. The number of aliphatic hydroxyl groups excluding tert-OH is 1. The van der Waals surface area contributed by atoms with Crippen molar-refractivity contribution < 1.29 is 5.11 Å². The fourth-order valence-corrected chi connectivity index (χ4v) is 0.643. The van der Waals surface area contributed by atoms with E-state index in [1.807, 2.05) is 14.1 Å². The van der Waals surface area contributed by atoms with E-state index >= 15 is 0 Å². The van der Waals surface area contributed by atoms with Crippen LogP contribution in [0.1, 0.15) is 12.8 Å². The fraction of sp³-hybridized carbons (Fsp3) is 0.857. The minimum absolute atomic E-state index is 0.384. The highest BCUT2D eigenvalue weighted by Crippen LogP contribution is 1.94. The summed E-state index contributed by atoms with van der Waals surface area (Å²) in [4.78, 5) is 2.10. The first-order chi connectivity index (χ1) is 4.13. The molecule has 0 rings (SSSR count). The third-order valence-corrected chi connectivity index (χ3v) is 1.14. The minimum Gasteiger partial charge on any atom is -0.393 e. The summed E-state index contributed by atoms with van der Waals surface area (Å²) < 4.78 is 0. The lowest BCUT2D eigenvalue weighted by Gasteiger charge is -2.09. The third-order valence-electron chi connectivity index (χ3n) is 1.14. The van der Waals surface area contributed by atoms with E-state index in [1.54, 1.807) is 0 Å². The van der Waals surface area contributed by atoms with Crippen LogP contribution in [0.15, 0.2) is 0 Å². The van der Waals surface area contributed by atoms with E-state index in [0.29, 0.717) is 0 Å². The highest BCUT2D eigenvalue weighted by atomic mass is 16.3. The van der Waals surface area contributed by atoms with Gasteiger partial charge in [-0.3, -0.25) is 0 Å². The van der Waals surface area contributed by atoms with Crippen LogP contribution in [0.2, 0.25) is 0 Å². The van der Waals surface area contributed by atoms with Crippen LogP contribution in [0.4, 0.5) is 0 Å². The lowest BCUT2D eigenvalue weighted by Crippen LogP contribution is -2.14. The van der Waals surface area contributed by atoms with E-state index in [4.69, 9.17) is 5.11 Å². The Kier molecular flexibility index (Phi) is 4.72. The molecule has 1 atom stereocenters. The summed E-state index contributed by atoms with van der Waals surface area (Å²) in [6.07, 6.45) is 1.44. The van der Waals surface area contributed by atoms with E-state index in [1.165, 1.54) is 0 Å². The molecule has 0 saturated carbocycles. The highest BCUT2D eigenvalue weighted by Gasteiger charge is 1.95. The van der Waals surface area contributed by atoms with Crippen molar-refractivity contribution in [3.8, 4) is 0 Å². The average molecular weight is 130 g/mol. The van der Waals surface area contributed by atoms with E-state index in [2.05, 4.69) is 11.8 Å². The molecule has 1 N–H and O–H groups in total. The number of rotatable bonds is 4. The summed E-state index contributed by atoms with van der Waals surface area (Å²) in [5, 5.41) is 8.74. The third kappa shape index (κ3) is 7.92. The number of nitrogens with zero attached hydrogens (tertiary/aromatic N) is 1. The normalized spacial score (nSPS) is 14.3. The molecule has 0 aliphatic carbocycles. The zero-order chi connectivity index (χ0) is 7.28. The van der Waals surface area contributed by atoms with E-state index < -0.39 is 0 Å². The van der Waals surface area contributed by atoms with Crippen molar-refractivity contribution in [2.45, 2.75) is 18.9 Å². The van der Waals surface area contributed by atoms with Crippen LogP contribution in [-0.4, -0.2) is 36.8 Å². The monoisotopic (exact) mass is 130 g/mol. The average Bonchev–Trinajstić information content (AvgIpc) is 1.63. The molecule has 0 heterocycles. The van der Waals surface area contributed by atoms with Gasteiger partial charge in [-0.05, 0) is 40.4 Å². The van der Waals surface area contributed by atoms with Crippen LogP contribution in [0, 0.1) is 6.92 Å². The number of hydrogen-bond donors (Lipinski definition) is 1. The van der Waals surface area contributed by atoms with Crippen LogP contribution in [0.3, 0.4) is 0 Å². The minimum atomic E-state index is -0.384. The highest BCUT2D eigenvalue weighted by molar-refractivity contribution is 4.57. The molecule has 1 unspecified atom stereocenters. The Morgan fingerprint density at radius 1 is 1.56 bits per heavy atom. The maximum Gasteiger partial charge on any atom is 0.0541 e. The van der Waals surface area contributed by atoms with Gasteiger partial charge in [0.1, 0.15) is 0 Å². The van der Waals surface area contributed by atoms with Crippen molar-refractivity contribution in [3.05, 3.63) is 6.92 Å². The number of hydrogen-bond acceptors (Lipinski definition) is 2. The SMILES string of the molecule is [CH2]C(O)CCCN(C)C. The molecule has 0 aromatic carbocycles. The largest absolute Gasteiger partial charge is 0.393 e. The Labute approximate surface area is 57.5 Å². The number of aliphatic hydroxyl groups is 1. The second-order valence-electron chi connectivity index (χ2n) is 2.60. The zero-order valence-corrected chi connectivity index (χ0v) is 6.30. The molecule has 0 saturated heterocycles. The van der Waals surface area contributed by atoms with Crippen molar-refractivity contribution in [3.63, 3.8) is 0 Å². The molecule has 0 fully saturated rings. The van der Waals surface area contributed by atoms with Gasteiger partial charge in [0.05, 0.1) is 6.10 Å². The Morgan fingerprint density at radius 2 is 2.11 bits per heavy atom. The maximum absolute atomic E-state index is 8.74. The molecule has 0 aliphatic heterocycles. The predicted octanol–water partition coefficient (Wildman–Crippen LogP) is 0.523. The summed E-state index contributed by atoms with van der Waals surface area (Å²) in [7, 11) is 4.05. The van der Waals surface area contributed by atoms with Crippen molar-refractivity contribution in [1.29, 1.82) is 0 Å². The van der Waals surface area contributed by atoms with Crippen LogP contribution < -0.4 is 0 Å². The molecule has 1 radical (unpaired) electrons. The Bertz CT molecular complexity index is 53.9. The lowest BCUT2D eigenvalue weighted by atomic mass is 10.2. The van der Waals surface area contributed by atoms with E-state index in [9.17, 15) is 0 Å². The van der Waals surface area contributed by atoms with Gasteiger partial charge in [-0.2, -0.15) is 0 Å². The first-order valence-electron chi connectivity index (χ1n) is 3.29. The Hall–Kier alpha value is -0.0800. The van der Waals surface area contributed by atoms with Gasteiger partial charge in [-0.15, -0.1) is 0 Å². The first kappa shape index (κ1) is 8.92. The molecule has 55 valence electrons.